The fourth-order valence-corrected chi connectivity index (χ4v) is 5.50. The third kappa shape index (κ3) is 2.69. The second-order valence-electron chi connectivity index (χ2n) is 8.64. The molecule has 1 saturated carbocycles. The molecule has 2 aromatic rings. The largest absolute Gasteiger partial charge is 0.381 e. The molecule has 0 radical (unpaired) electrons. The molecule has 8 heteroatoms. The number of nitrogens with one attached hydrogen (secondary N) is 1. The predicted molar refractivity (Wildman–Crippen MR) is 103 cm³/mol. The van der Waals surface area contributed by atoms with Crippen LogP contribution in [-0.4, -0.2) is 75.2 Å². The van der Waals surface area contributed by atoms with Gasteiger partial charge >= 0.3 is 0 Å². The number of piperazine rings is 1. The molecular weight excluding hydrogens is 370 g/mol. The van der Waals surface area contributed by atoms with Gasteiger partial charge in [0, 0.05) is 30.1 Å². The molecule has 150 valence electrons. The minimum absolute atomic E-state index is 0.0606. The van der Waals surface area contributed by atoms with Gasteiger partial charge in [-0.05, 0) is 36.8 Å². The Kier molecular flexibility index (Phi) is 3.77. The molecule has 2 amide bonds. The van der Waals surface area contributed by atoms with E-state index in [1.807, 2.05) is 34.1 Å². The van der Waals surface area contributed by atoms with E-state index in [2.05, 4.69) is 15.2 Å². The highest BCUT2D eigenvalue weighted by molar-refractivity contribution is 5.95. The predicted octanol–water partition coefficient (Wildman–Crippen LogP) is 1.18. The number of nitrogens with zero attached hydrogens (tertiary/aromatic N) is 4. The Hall–Kier alpha value is -2.74. The summed E-state index contributed by atoms with van der Waals surface area (Å²) in [6, 6.07) is 7.72. The first-order valence-corrected chi connectivity index (χ1v) is 10.4. The van der Waals surface area contributed by atoms with Gasteiger partial charge in [-0.1, -0.05) is 12.1 Å². The van der Waals surface area contributed by atoms with Crippen LogP contribution in [0, 0.1) is 17.8 Å². The summed E-state index contributed by atoms with van der Waals surface area (Å²) in [6.07, 6.45) is 3.41. The van der Waals surface area contributed by atoms with Gasteiger partial charge in [-0.15, -0.1) is 0 Å². The second-order valence-corrected chi connectivity index (χ2v) is 8.64. The maximum absolute atomic E-state index is 13.2. The van der Waals surface area contributed by atoms with Crippen molar-refractivity contribution >= 4 is 11.8 Å². The van der Waals surface area contributed by atoms with Crippen LogP contribution in [0.3, 0.4) is 0 Å². The van der Waals surface area contributed by atoms with Gasteiger partial charge in [-0.3, -0.25) is 14.7 Å². The highest BCUT2D eigenvalue weighted by atomic mass is 16.5. The number of H-pyrrole nitrogens is 1. The maximum Gasteiger partial charge on any atom is 0.254 e. The van der Waals surface area contributed by atoms with Crippen molar-refractivity contribution in [3.63, 3.8) is 0 Å². The molecular formula is C21H23N5O3. The average molecular weight is 393 g/mol. The second kappa shape index (κ2) is 6.38. The van der Waals surface area contributed by atoms with Gasteiger partial charge in [0.15, 0.2) is 5.82 Å². The molecule has 3 saturated heterocycles. The van der Waals surface area contributed by atoms with Crippen LogP contribution in [0.2, 0.25) is 0 Å². The number of carbonyl (C=O) groups is 2. The van der Waals surface area contributed by atoms with Crippen LogP contribution >= 0.6 is 0 Å². The summed E-state index contributed by atoms with van der Waals surface area (Å²) in [7, 11) is 0. The Balaban J connectivity index is 1.15. The van der Waals surface area contributed by atoms with Gasteiger partial charge in [0.05, 0.1) is 25.3 Å². The van der Waals surface area contributed by atoms with Gasteiger partial charge in [0.25, 0.3) is 5.91 Å². The van der Waals surface area contributed by atoms with Gasteiger partial charge in [-0.25, -0.2) is 4.98 Å². The van der Waals surface area contributed by atoms with E-state index >= 15 is 0 Å². The lowest BCUT2D eigenvalue weighted by Gasteiger charge is -2.41. The maximum atomic E-state index is 13.2. The van der Waals surface area contributed by atoms with Crippen LogP contribution in [0.15, 0.2) is 30.6 Å². The number of hydrogen-bond acceptors (Lipinski definition) is 5. The summed E-state index contributed by atoms with van der Waals surface area (Å²) in [6.45, 7) is 2.79. The number of benzene rings is 1. The van der Waals surface area contributed by atoms with E-state index in [0.29, 0.717) is 36.3 Å². The normalized spacial score (nSPS) is 32.3. The van der Waals surface area contributed by atoms with E-state index in [4.69, 9.17) is 4.74 Å². The van der Waals surface area contributed by atoms with Crippen molar-refractivity contribution in [1.82, 2.24) is 25.0 Å². The number of fused-ring (bicyclic) bond motifs is 3. The van der Waals surface area contributed by atoms with E-state index in [9.17, 15) is 9.59 Å². The van der Waals surface area contributed by atoms with Crippen molar-refractivity contribution in [3.8, 4) is 11.4 Å². The molecule has 1 aromatic carbocycles. The number of ether oxygens (including phenoxy) is 1. The summed E-state index contributed by atoms with van der Waals surface area (Å²) in [5.74, 6) is 2.06. The summed E-state index contributed by atoms with van der Waals surface area (Å²) < 4.78 is 5.43. The van der Waals surface area contributed by atoms with E-state index in [1.165, 1.54) is 6.33 Å². The zero-order valence-corrected chi connectivity index (χ0v) is 16.0. The molecule has 5 atom stereocenters. The van der Waals surface area contributed by atoms with Crippen molar-refractivity contribution < 1.29 is 14.3 Å². The molecule has 6 rings (SSSR count). The number of aromatic amines is 1. The fraction of sp³-hybridized carbons (Fsp3) is 0.524. The summed E-state index contributed by atoms with van der Waals surface area (Å²) in [5.41, 5.74) is 1.58. The highest BCUT2D eigenvalue weighted by Gasteiger charge is 2.59. The van der Waals surface area contributed by atoms with Crippen LogP contribution in [-0.2, 0) is 9.53 Å². The zero-order valence-electron chi connectivity index (χ0n) is 16.0. The van der Waals surface area contributed by atoms with Crippen molar-refractivity contribution in [2.75, 3.05) is 26.3 Å². The third-order valence-corrected chi connectivity index (χ3v) is 7.09. The van der Waals surface area contributed by atoms with Gasteiger partial charge < -0.3 is 14.5 Å². The topological polar surface area (TPSA) is 91.4 Å². The standard InChI is InChI=1S/C21H23N5O3/c27-20(13-3-1-12(2-4-13)19-22-11-23-24-19)26-14-5-6-15(26)8-25(7-14)21(28)18-16-9-29-10-17(16)18/h1-4,11,14-18H,5-10H2,(H,22,23,24)/t14?,15?,16-,17+,18?. The molecule has 3 aliphatic heterocycles. The van der Waals surface area contributed by atoms with Crippen molar-refractivity contribution in [3.05, 3.63) is 36.2 Å². The first-order chi connectivity index (χ1) is 14.2. The van der Waals surface area contributed by atoms with Crippen LogP contribution in [0.5, 0.6) is 0 Å². The molecule has 1 aromatic heterocycles. The molecule has 4 heterocycles. The average Bonchev–Trinajstić information content (AvgIpc) is 3.17. The molecule has 1 aliphatic carbocycles. The molecule has 3 unspecified atom stereocenters. The number of carbonyl (C=O) groups excluding carboxylic acids is 2. The quantitative estimate of drug-likeness (QED) is 0.846. The van der Waals surface area contributed by atoms with Crippen LogP contribution < -0.4 is 0 Å². The smallest absolute Gasteiger partial charge is 0.254 e. The number of likely N-dealkylation sites (tertiary alicyclic amines) is 1. The van der Waals surface area contributed by atoms with Gasteiger partial charge in [0.2, 0.25) is 5.91 Å². The summed E-state index contributed by atoms with van der Waals surface area (Å²) in [4.78, 5) is 34.3. The van der Waals surface area contributed by atoms with Crippen LogP contribution in [0.1, 0.15) is 23.2 Å². The first-order valence-electron chi connectivity index (χ1n) is 10.4. The zero-order chi connectivity index (χ0) is 19.5. The number of hydrogen-bond donors (Lipinski definition) is 1. The van der Waals surface area contributed by atoms with Crippen LogP contribution in [0.4, 0.5) is 0 Å². The molecule has 29 heavy (non-hydrogen) atoms. The van der Waals surface area contributed by atoms with Crippen molar-refractivity contribution in [2.24, 2.45) is 17.8 Å². The lowest BCUT2D eigenvalue weighted by molar-refractivity contribution is -0.137. The summed E-state index contributed by atoms with van der Waals surface area (Å²) >= 11 is 0. The monoisotopic (exact) mass is 393 g/mol. The Morgan fingerprint density at radius 2 is 1.72 bits per heavy atom. The molecule has 4 fully saturated rings. The summed E-state index contributed by atoms with van der Waals surface area (Å²) in [5, 5.41) is 6.70. The van der Waals surface area contributed by atoms with Crippen LogP contribution in [0.25, 0.3) is 11.4 Å². The SMILES string of the molecule is O=C(C1[C@H]2COC[C@@H]12)N1CC2CCC(C1)N2C(=O)c1ccc(-c2ncn[nH]2)cc1. The van der Waals surface area contributed by atoms with Gasteiger partial charge in [-0.2, -0.15) is 5.10 Å². The lowest BCUT2D eigenvalue weighted by atomic mass is 10.1. The van der Waals surface area contributed by atoms with Crippen molar-refractivity contribution in [1.29, 1.82) is 0 Å². The van der Waals surface area contributed by atoms with Gasteiger partial charge in [0.1, 0.15) is 6.33 Å². The molecule has 0 spiro atoms. The Bertz CT molecular complexity index is 920. The van der Waals surface area contributed by atoms with E-state index in [-0.39, 0.29) is 29.8 Å². The molecule has 1 N–H and O–H groups in total. The third-order valence-electron chi connectivity index (χ3n) is 7.09. The molecule has 4 aliphatic rings. The Morgan fingerprint density at radius 1 is 1.03 bits per heavy atom. The lowest BCUT2D eigenvalue weighted by Crippen LogP contribution is -2.57. The first kappa shape index (κ1) is 17.1. The number of rotatable bonds is 3. The Morgan fingerprint density at radius 3 is 2.34 bits per heavy atom. The number of aromatic nitrogens is 3. The Labute approximate surface area is 168 Å². The van der Waals surface area contributed by atoms with E-state index in [0.717, 1.165) is 31.6 Å². The minimum Gasteiger partial charge on any atom is -0.381 e. The van der Waals surface area contributed by atoms with E-state index < -0.39 is 0 Å². The number of amides is 2. The molecule has 2 bridgehead atoms. The minimum atomic E-state index is 0.0606. The van der Waals surface area contributed by atoms with E-state index in [1.54, 1.807) is 0 Å². The fourth-order valence-electron chi connectivity index (χ4n) is 5.50. The van der Waals surface area contributed by atoms with Crippen molar-refractivity contribution in [2.45, 2.75) is 24.9 Å². The molecule has 8 nitrogen and oxygen atoms in total. The highest BCUT2D eigenvalue weighted by Crippen LogP contribution is 2.52.